The molecule has 9 heteroatoms. The average molecular weight is 512 g/mol. The first-order valence-corrected chi connectivity index (χ1v) is 14.5. The van der Waals surface area contributed by atoms with E-state index in [4.69, 9.17) is 21.1 Å². The lowest BCUT2D eigenvalue weighted by atomic mass is 9.84. The van der Waals surface area contributed by atoms with Crippen LogP contribution >= 0.6 is 18.9 Å². The third kappa shape index (κ3) is 7.28. The molecule has 0 amide bonds. The molecule has 34 heavy (non-hydrogen) atoms. The van der Waals surface area contributed by atoms with Crippen LogP contribution in [0.1, 0.15) is 36.1 Å². The minimum absolute atomic E-state index is 0.321. The van der Waals surface area contributed by atoms with E-state index in [9.17, 15) is 19.9 Å². The van der Waals surface area contributed by atoms with E-state index in [-0.39, 0.29) is 6.61 Å². The minimum Gasteiger partial charge on any atom is -0.494 e. The summed E-state index contributed by atoms with van der Waals surface area (Å²) < 4.78 is 23.2. The number of ether oxygens (including phenoxy) is 2. The number of nitrogens with one attached hydrogen (secondary N) is 1. The molecule has 1 aliphatic heterocycles. The third-order valence-corrected chi connectivity index (χ3v) is 7.42. The lowest BCUT2D eigenvalue weighted by Gasteiger charge is -2.41. The fourth-order valence-electron chi connectivity index (χ4n) is 4.03. The molecule has 1 aliphatic rings. The molecule has 188 valence electrons. The highest BCUT2D eigenvalue weighted by Gasteiger charge is 2.42. The highest BCUT2D eigenvalue weighted by Crippen LogP contribution is 2.37. The lowest BCUT2D eigenvalue weighted by molar-refractivity contribution is -0.207. The van der Waals surface area contributed by atoms with Crippen molar-refractivity contribution >= 4 is 18.9 Å². The summed E-state index contributed by atoms with van der Waals surface area (Å²) in [4.78, 5) is 0. The standard InChI is InChI=1S/C25H35ClNO6P/c1-16-23(29)22(15-28)33-25(24(16)30)18-7-10-21(26)19(14-18)13-17-5-8-20(9-6-17)32-12-4-11-27-34(2,3)31/h5-10,14,16,22-25,28-30H,4,11-13,15H2,1-3H3,(H,27,31)/t16-,22+,23-,24+,25-/m0/s1. The molecule has 5 atom stereocenters. The predicted molar refractivity (Wildman–Crippen MR) is 134 cm³/mol. The van der Waals surface area contributed by atoms with E-state index in [1.165, 1.54) is 0 Å². The molecule has 0 bridgehead atoms. The van der Waals surface area contributed by atoms with E-state index in [1.54, 1.807) is 32.4 Å². The number of halogens is 1. The summed E-state index contributed by atoms with van der Waals surface area (Å²) in [7, 11) is -2.21. The molecule has 1 fully saturated rings. The quantitative estimate of drug-likeness (QED) is 0.285. The molecule has 0 saturated carbocycles. The zero-order valence-corrected chi connectivity index (χ0v) is 21.5. The Morgan fingerprint density at radius 2 is 1.82 bits per heavy atom. The summed E-state index contributed by atoms with van der Waals surface area (Å²) in [5.74, 6) is 0.327. The van der Waals surface area contributed by atoms with Gasteiger partial charge in [-0.05, 0) is 47.7 Å². The van der Waals surface area contributed by atoms with Crippen molar-refractivity contribution in [2.45, 2.75) is 44.2 Å². The van der Waals surface area contributed by atoms with Gasteiger partial charge in [0.1, 0.15) is 25.3 Å². The molecule has 0 unspecified atom stereocenters. The van der Waals surface area contributed by atoms with Gasteiger partial charge in [-0.1, -0.05) is 42.8 Å². The zero-order valence-electron chi connectivity index (χ0n) is 19.9. The molecule has 4 N–H and O–H groups in total. The molecule has 2 aromatic rings. The second-order valence-corrected chi connectivity index (χ2v) is 12.7. The van der Waals surface area contributed by atoms with Crippen molar-refractivity contribution in [3.05, 3.63) is 64.2 Å². The molecule has 0 radical (unpaired) electrons. The van der Waals surface area contributed by atoms with Crippen molar-refractivity contribution in [2.24, 2.45) is 5.92 Å². The van der Waals surface area contributed by atoms with Gasteiger partial charge in [0.05, 0.1) is 25.4 Å². The van der Waals surface area contributed by atoms with Gasteiger partial charge < -0.3 is 29.4 Å². The first-order chi connectivity index (χ1) is 16.1. The van der Waals surface area contributed by atoms with Crippen molar-refractivity contribution in [3.8, 4) is 5.75 Å². The van der Waals surface area contributed by atoms with Crippen LogP contribution in [0.25, 0.3) is 0 Å². The van der Waals surface area contributed by atoms with Crippen LogP contribution < -0.4 is 9.82 Å². The number of benzene rings is 2. The lowest BCUT2D eigenvalue weighted by Crippen LogP contribution is -2.50. The van der Waals surface area contributed by atoms with Crippen molar-refractivity contribution in [1.82, 2.24) is 5.09 Å². The van der Waals surface area contributed by atoms with Gasteiger partial charge in [0.2, 0.25) is 0 Å². The molecule has 1 saturated heterocycles. The maximum atomic E-state index is 11.6. The summed E-state index contributed by atoms with van der Waals surface area (Å²) in [5.41, 5.74) is 2.69. The van der Waals surface area contributed by atoms with E-state index < -0.39 is 37.6 Å². The monoisotopic (exact) mass is 511 g/mol. The van der Waals surface area contributed by atoms with Crippen molar-refractivity contribution in [2.75, 3.05) is 33.1 Å². The molecule has 0 spiro atoms. The first kappa shape index (κ1) is 27.2. The summed E-state index contributed by atoms with van der Waals surface area (Å²) >= 11 is 6.46. The first-order valence-electron chi connectivity index (χ1n) is 11.5. The van der Waals surface area contributed by atoms with E-state index in [0.717, 1.165) is 28.9 Å². The SMILES string of the molecule is C[C@@H]1[C@@H](O)[C@H](c2ccc(Cl)c(Cc3ccc(OCCCNP(C)(C)=O)cc3)c2)O[C@H](CO)[C@H]1O. The average Bonchev–Trinajstić information content (AvgIpc) is 2.79. The fraction of sp³-hybridized carbons (Fsp3) is 0.520. The van der Waals surface area contributed by atoms with Crippen LogP contribution in [0.3, 0.4) is 0 Å². The number of aliphatic hydroxyl groups excluding tert-OH is 3. The van der Waals surface area contributed by atoms with Crippen LogP contribution in [0.15, 0.2) is 42.5 Å². The third-order valence-electron chi connectivity index (χ3n) is 6.07. The maximum Gasteiger partial charge on any atom is 0.141 e. The molecule has 0 aliphatic carbocycles. The topological polar surface area (TPSA) is 108 Å². The Kier molecular flexibility index (Phi) is 9.58. The summed E-state index contributed by atoms with van der Waals surface area (Å²) in [5, 5.41) is 34.0. The number of hydrogen-bond acceptors (Lipinski definition) is 6. The minimum atomic E-state index is -2.21. The molecule has 2 aromatic carbocycles. The van der Waals surface area contributed by atoms with Gasteiger partial charge >= 0.3 is 0 Å². The molecule has 3 rings (SSSR count). The highest BCUT2D eigenvalue weighted by molar-refractivity contribution is 7.60. The number of rotatable bonds is 10. The van der Waals surface area contributed by atoms with Crippen molar-refractivity contribution < 1.29 is 29.4 Å². The van der Waals surface area contributed by atoms with E-state index in [1.807, 2.05) is 30.3 Å². The Balaban J connectivity index is 1.63. The number of aliphatic hydroxyl groups is 3. The second-order valence-electron chi connectivity index (χ2n) is 9.25. The second kappa shape index (κ2) is 12.0. The largest absolute Gasteiger partial charge is 0.494 e. The van der Waals surface area contributed by atoms with Crippen LogP contribution in [0, 0.1) is 5.92 Å². The zero-order chi connectivity index (χ0) is 24.9. The molecular formula is C25H35ClNO6P. The molecule has 1 heterocycles. The Morgan fingerprint density at radius 3 is 2.47 bits per heavy atom. The normalized spacial score (nSPS) is 25.3. The van der Waals surface area contributed by atoms with Crippen LogP contribution in [0.4, 0.5) is 0 Å². The van der Waals surface area contributed by atoms with Crippen molar-refractivity contribution in [1.29, 1.82) is 0 Å². The van der Waals surface area contributed by atoms with Crippen molar-refractivity contribution in [3.63, 3.8) is 0 Å². The van der Waals surface area contributed by atoms with Gasteiger partial charge in [0.25, 0.3) is 0 Å². The Morgan fingerprint density at radius 1 is 1.12 bits per heavy atom. The Hall–Kier alpha value is -1.44. The molecule has 0 aromatic heterocycles. The van der Waals surface area contributed by atoms with Gasteiger partial charge in [-0.3, -0.25) is 5.09 Å². The summed E-state index contributed by atoms with van der Waals surface area (Å²) in [6.45, 7) is 6.01. The Bertz CT molecular complexity index is 980. The highest BCUT2D eigenvalue weighted by atomic mass is 35.5. The van der Waals surface area contributed by atoms with Crippen LogP contribution in [0.5, 0.6) is 5.75 Å². The number of hydrogen-bond donors (Lipinski definition) is 4. The van der Waals surface area contributed by atoms with Gasteiger partial charge in [0, 0.05) is 30.8 Å². The fourth-order valence-corrected chi connectivity index (χ4v) is 4.91. The van der Waals surface area contributed by atoms with E-state index in [0.29, 0.717) is 24.6 Å². The van der Waals surface area contributed by atoms with Crippen LogP contribution in [-0.4, -0.2) is 66.7 Å². The maximum absolute atomic E-state index is 11.6. The summed E-state index contributed by atoms with van der Waals surface area (Å²) in [6, 6.07) is 13.3. The van der Waals surface area contributed by atoms with Gasteiger partial charge in [0.15, 0.2) is 0 Å². The van der Waals surface area contributed by atoms with E-state index in [2.05, 4.69) is 5.09 Å². The predicted octanol–water partition coefficient (Wildman–Crippen LogP) is 3.62. The van der Waals surface area contributed by atoms with Gasteiger partial charge in [-0.2, -0.15) is 0 Å². The van der Waals surface area contributed by atoms with E-state index >= 15 is 0 Å². The summed E-state index contributed by atoms with van der Waals surface area (Å²) in [6.07, 6.45) is -1.90. The van der Waals surface area contributed by atoms with Crippen LogP contribution in [0.2, 0.25) is 5.02 Å². The van der Waals surface area contributed by atoms with Gasteiger partial charge in [-0.25, -0.2) is 0 Å². The van der Waals surface area contributed by atoms with Gasteiger partial charge in [-0.15, -0.1) is 0 Å². The Labute approximate surface area is 206 Å². The molecular weight excluding hydrogens is 477 g/mol. The van der Waals surface area contributed by atoms with Crippen LogP contribution in [-0.2, 0) is 15.7 Å². The smallest absolute Gasteiger partial charge is 0.141 e. The molecule has 7 nitrogen and oxygen atoms in total.